The van der Waals surface area contributed by atoms with Crippen molar-refractivity contribution >= 4 is 25.7 Å². The van der Waals surface area contributed by atoms with Gasteiger partial charge in [-0.2, -0.15) is 0 Å². The molecule has 0 saturated heterocycles. The van der Waals surface area contributed by atoms with E-state index in [0.29, 0.717) is 12.8 Å². The zero-order valence-corrected chi connectivity index (χ0v) is 42.7. The lowest BCUT2D eigenvalue weighted by atomic mass is 10.0. The first kappa shape index (κ1) is 63.0. The number of amides is 1. The van der Waals surface area contributed by atoms with Crippen LogP contribution in [-0.4, -0.2) is 64.9 Å². The van der Waals surface area contributed by atoms with Crippen molar-refractivity contribution in [3.05, 3.63) is 24.3 Å². The van der Waals surface area contributed by atoms with Gasteiger partial charge < -0.3 is 25.2 Å². The van der Waals surface area contributed by atoms with Crippen molar-refractivity contribution in [2.24, 2.45) is 0 Å². The Morgan fingerprint density at radius 1 is 0.492 bits per heavy atom. The third-order valence-electron chi connectivity index (χ3n) is 12.0. The van der Waals surface area contributed by atoms with Gasteiger partial charge in [0.1, 0.15) is 12.7 Å². The fraction of sp³-hybridized carbons (Fsp3) is 0.868. The van der Waals surface area contributed by atoms with Crippen molar-refractivity contribution < 1.29 is 47.8 Å². The van der Waals surface area contributed by atoms with Crippen molar-refractivity contribution in [1.82, 2.24) is 5.32 Å². The van der Waals surface area contributed by atoms with E-state index in [1.807, 2.05) is 0 Å². The molecule has 3 atom stereocenters. The van der Waals surface area contributed by atoms with E-state index < -0.39 is 57.6 Å². The molecule has 0 aliphatic carbocycles. The summed E-state index contributed by atoms with van der Waals surface area (Å²) in [6, 6.07) is -1.54. The molecular weight excluding hydrogens is 842 g/mol. The number of unbranched alkanes of at least 4 members (excludes halogenated alkanes) is 33. The number of aliphatic carboxylic acids is 1. The first-order valence-electron chi connectivity index (χ1n) is 26.9. The van der Waals surface area contributed by atoms with E-state index in [-0.39, 0.29) is 12.8 Å². The molecule has 0 aromatic carbocycles. The number of esters is 1. The van der Waals surface area contributed by atoms with Gasteiger partial charge in [-0.3, -0.25) is 18.6 Å². The number of aliphatic hydroxyl groups is 1. The van der Waals surface area contributed by atoms with Crippen molar-refractivity contribution in [3.8, 4) is 0 Å². The van der Waals surface area contributed by atoms with E-state index in [4.69, 9.17) is 13.8 Å². The molecule has 0 spiro atoms. The third-order valence-corrected chi connectivity index (χ3v) is 12.9. The van der Waals surface area contributed by atoms with Gasteiger partial charge in [0.15, 0.2) is 6.04 Å². The monoisotopic (exact) mass is 942 g/mol. The number of phosphoric acid groups is 1. The molecule has 0 bridgehead atoms. The van der Waals surface area contributed by atoms with Crippen LogP contribution in [0.15, 0.2) is 24.3 Å². The highest BCUT2D eigenvalue weighted by Crippen LogP contribution is 2.43. The Bertz CT molecular complexity index is 1200. The Kier molecular flexibility index (Phi) is 46.9. The molecule has 382 valence electrons. The van der Waals surface area contributed by atoms with E-state index in [2.05, 4.69) is 43.5 Å². The minimum atomic E-state index is -4.76. The van der Waals surface area contributed by atoms with Crippen LogP contribution in [0.2, 0.25) is 0 Å². The minimum Gasteiger partial charge on any atom is -0.480 e. The predicted molar refractivity (Wildman–Crippen MR) is 268 cm³/mol. The van der Waals surface area contributed by atoms with Crippen LogP contribution in [0.3, 0.4) is 0 Å². The Balaban J connectivity index is 3.78. The van der Waals surface area contributed by atoms with E-state index in [9.17, 15) is 34.1 Å². The van der Waals surface area contributed by atoms with Crippen molar-refractivity contribution in [3.63, 3.8) is 0 Å². The second-order valence-corrected chi connectivity index (χ2v) is 19.9. The summed E-state index contributed by atoms with van der Waals surface area (Å²) in [5, 5.41) is 21.9. The number of carboxylic acid groups (broad SMARTS) is 1. The van der Waals surface area contributed by atoms with Gasteiger partial charge in [0.2, 0.25) is 5.91 Å². The number of hydrogen-bond donors (Lipinski definition) is 4. The molecule has 1 amide bonds. The van der Waals surface area contributed by atoms with E-state index >= 15 is 0 Å². The van der Waals surface area contributed by atoms with Crippen LogP contribution in [0.25, 0.3) is 0 Å². The quantitative estimate of drug-likeness (QED) is 0.0199. The molecule has 0 rings (SSSR count). The lowest BCUT2D eigenvalue weighted by Gasteiger charge is -2.18. The fourth-order valence-corrected chi connectivity index (χ4v) is 8.59. The maximum atomic E-state index is 12.4. The summed E-state index contributed by atoms with van der Waals surface area (Å²) >= 11 is 0. The molecule has 65 heavy (non-hydrogen) atoms. The summed E-state index contributed by atoms with van der Waals surface area (Å²) in [6.45, 7) is 2.61. The van der Waals surface area contributed by atoms with Crippen molar-refractivity contribution in [2.45, 2.75) is 276 Å². The normalized spacial score (nSPS) is 13.7. The number of ether oxygens (including phenoxy) is 1. The Hall–Kier alpha value is -2.04. The summed E-state index contributed by atoms with van der Waals surface area (Å²) in [6.07, 6.45) is 53.5. The number of hydrogen-bond acceptors (Lipinski definition) is 8. The summed E-state index contributed by atoms with van der Waals surface area (Å²) in [5.41, 5.74) is 0. The number of carbonyl (C=O) groups is 3. The van der Waals surface area contributed by atoms with Crippen LogP contribution in [0.4, 0.5) is 0 Å². The lowest BCUT2D eigenvalue weighted by Crippen LogP contribution is -2.43. The number of nitrogens with one attached hydrogen (secondary N) is 1. The van der Waals surface area contributed by atoms with Crippen LogP contribution in [-0.2, 0) is 32.7 Å². The van der Waals surface area contributed by atoms with Gasteiger partial charge >= 0.3 is 19.8 Å². The largest absolute Gasteiger partial charge is 0.480 e. The standard InChI is InChI=1S/C53H100NO10P/c1-3-5-7-9-11-13-15-17-19-21-22-23-24-25-26-27-29-30-32-34-36-38-40-42-44-51(56)54-50(53(58)59)48-64-65(60,61)63-47-49(55)46-62-52(57)45-43-41-39-37-35-33-31-28-20-18-16-14-12-10-8-6-4-2/h12,14,18,20,49-50,55H,3-11,13,15-17,19,21-48H2,1-2H3,(H,54,56)(H,58,59)(H,60,61)/b14-12-,20-18-. The smallest absolute Gasteiger partial charge is 0.472 e. The maximum Gasteiger partial charge on any atom is 0.472 e. The molecule has 0 aliphatic rings. The van der Waals surface area contributed by atoms with E-state index in [0.717, 1.165) is 51.4 Å². The minimum absolute atomic E-state index is 0.150. The fourth-order valence-electron chi connectivity index (χ4n) is 7.82. The average molecular weight is 942 g/mol. The summed E-state index contributed by atoms with van der Waals surface area (Å²) < 4.78 is 27.0. The van der Waals surface area contributed by atoms with Gasteiger partial charge in [0.25, 0.3) is 0 Å². The molecule has 4 N–H and O–H groups in total. The summed E-state index contributed by atoms with van der Waals surface area (Å²) in [7, 11) is -4.76. The number of aliphatic hydroxyl groups excluding tert-OH is 1. The molecule has 0 saturated carbocycles. The van der Waals surface area contributed by atoms with Gasteiger partial charge in [-0.05, 0) is 44.9 Å². The van der Waals surface area contributed by atoms with Gasteiger partial charge in [0, 0.05) is 12.8 Å². The maximum absolute atomic E-state index is 12.4. The topological polar surface area (TPSA) is 169 Å². The van der Waals surface area contributed by atoms with Gasteiger partial charge in [-0.25, -0.2) is 9.36 Å². The molecule has 0 aromatic heterocycles. The summed E-state index contributed by atoms with van der Waals surface area (Å²) in [4.78, 5) is 46.2. The van der Waals surface area contributed by atoms with Crippen LogP contribution in [0, 0.1) is 0 Å². The Morgan fingerprint density at radius 3 is 1.28 bits per heavy atom. The van der Waals surface area contributed by atoms with Gasteiger partial charge in [-0.15, -0.1) is 0 Å². The van der Waals surface area contributed by atoms with Crippen molar-refractivity contribution in [2.75, 3.05) is 19.8 Å². The van der Waals surface area contributed by atoms with E-state index in [1.54, 1.807) is 0 Å². The molecule has 12 heteroatoms. The molecule has 0 radical (unpaired) electrons. The number of carbonyl (C=O) groups excluding carboxylic acids is 2. The number of rotatable bonds is 51. The zero-order valence-electron chi connectivity index (χ0n) is 41.8. The SMILES string of the molecule is CCCCC/C=C\C/C=C\CCCCCCCCCC(=O)OCC(O)COP(=O)(O)OCC(NC(=O)CCCCCCCCCCCCCCCCCCCCCCCCCC)C(=O)O. The first-order valence-corrected chi connectivity index (χ1v) is 28.4. The Labute approximate surface area is 398 Å². The third kappa shape index (κ3) is 48.2. The van der Waals surface area contributed by atoms with Crippen LogP contribution < -0.4 is 5.32 Å². The number of phosphoric ester groups is 1. The highest BCUT2D eigenvalue weighted by atomic mass is 31.2. The molecule has 11 nitrogen and oxygen atoms in total. The second-order valence-electron chi connectivity index (χ2n) is 18.4. The number of carboxylic acids is 1. The molecule has 0 heterocycles. The van der Waals surface area contributed by atoms with Crippen LogP contribution >= 0.6 is 7.82 Å². The predicted octanol–water partition coefficient (Wildman–Crippen LogP) is 15.0. The molecule has 0 aliphatic heterocycles. The molecular formula is C53H100NO10P. The van der Waals surface area contributed by atoms with Crippen LogP contribution in [0.1, 0.15) is 264 Å². The highest BCUT2D eigenvalue weighted by Gasteiger charge is 2.28. The molecule has 3 unspecified atom stereocenters. The number of allylic oxidation sites excluding steroid dienone is 4. The molecule has 0 fully saturated rings. The second kappa shape index (κ2) is 48.4. The average Bonchev–Trinajstić information content (AvgIpc) is 3.28. The van der Waals surface area contributed by atoms with Crippen LogP contribution in [0.5, 0.6) is 0 Å². The van der Waals surface area contributed by atoms with Gasteiger partial charge in [-0.1, -0.05) is 231 Å². The molecule has 0 aromatic rings. The van der Waals surface area contributed by atoms with Crippen molar-refractivity contribution in [1.29, 1.82) is 0 Å². The van der Waals surface area contributed by atoms with E-state index in [1.165, 1.54) is 173 Å². The van der Waals surface area contributed by atoms with Gasteiger partial charge in [0.05, 0.1) is 13.2 Å². The lowest BCUT2D eigenvalue weighted by molar-refractivity contribution is -0.147. The zero-order chi connectivity index (χ0) is 47.7. The first-order chi connectivity index (χ1) is 31.6. The summed E-state index contributed by atoms with van der Waals surface area (Å²) in [5.74, 6) is -2.36. The highest BCUT2D eigenvalue weighted by molar-refractivity contribution is 7.47. The Morgan fingerprint density at radius 2 is 0.846 bits per heavy atom.